The predicted octanol–water partition coefficient (Wildman–Crippen LogP) is 1.99. The quantitative estimate of drug-likeness (QED) is 0.655. The molecule has 0 aromatic heterocycles. The number of fused-ring (bicyclic) bond motifs is 1. The molecule has 1 unspecified atom stereocenters. The normalized spacial score (nSPS) is 18.0. The zero-order valence-electron chi connectivity index (χ0n) is 12.1. The van der Waals surface area contributed by atoms with Crippen LogP contribution in [-0.2, 0) is 4.79 Å². The van der Waals surface area contributed by atoms with Crippen molar-refractivity contribution >= 4 is 17.3 Å². The number of carbonyl (C=O) groups is 1. The first-order valence-corrected chi connectivity index (χ1v) is 6.92. The second-order valence-electron chi connectivity index (χ2n) is 5.35. The fraction of sp³-hybridized carbons (Fsp3) is 0.467. The van der Waals surface area contributed by atoms with E-state index in [0.717, 1.165) is 11.3 Å². The molecule has 1 aliphatic rings. The van der Waals surface area contributed by atoms with E-state index in [-0.39, 0.29) is 18.0 Å². The Hall–Kier alpha value is -2.04. The van der Waals surface area contributed by atoms with Crippen molar-refractivity contribution in [3.8, 4) is 0 Å². The first kappa shape index (κ1) is 14.4. The molecule has 0 bridgehead atoms. The minimum Gasteiger partial charge on any atom is -0.411 e. The van der Waals surface area contributed by atoms with E-state index >= 15 is 0 Å². The predicted molar refractivity (Wildman–Crippen MR) is 79.5 cm³/mol. The number of para-hydroxylation sites is 1. The molecule has 0 saturated carbocycles. The second kappa shape index (κ2) is 5.94. The number of nitrogens with zero attached hydrogens (tertiary/aromatic N) is 2. The standard InChI is InChI=1S/C15H21N3O2/c1-10(2)16-15(19)11(3)18-9-8-13(17-20)12-6-4-5-7-14(12)18/h4-7,10-11,20H,8-9H2,1-3H3,(H,16,19). The number of oxime groups is 1. The molecule has 1 amide bonds. The van der Waals surface area contributed by atoms with Crippen LogP contribution in [0.2, 0.25) is 0 Å². The highest BCUT2D eigenvalue weighted by molar-refractivity contribution is 6.07. The Morgan fingerprint density at radius 2 is 2.05 bits per heavy atom. The van der Waals surface area contributed by atoms with Gasteiger partial charge < -0.3 is 15.4 Å². The van der Waals surface area contributed by atoms with E-state index in [2.05, 4.69) is 15.4 Å². The summed E-state index contributed by atoms with van der Waals surface area (Å²) in [7, 11) is 0. The summed E-state index contributed by atoms with van der Waals surface area (Å²) in [5.41, 5.74) is 2.51. The molecule has 1 aliphatic heterocycles. The maximum absolute atomic E-state index is 12.2. The lowest BCUT2D eigenvalue weighted by atomic mass is 9.98. The van der Waals surface area contributed by atoms with E-state index in [1.54, 1.807) is 0 Å². The second-order valence-corrected chi connectivity index (χ2v) is 5.35. The molecule has 0 aliphatic carbocycles. The summed E-state index contributed by atoms with van der Waals surface area (Å²) in [5.74, 6) is 0.0131. The molecule has 0 radical (unpaired) electrons. The van der Waals surface area contributed by atoms with Crippen LogP contribution in [0.4, 0.5) is 5.69 Å². The van der Waals surface area contributed by atoms with Crippen LogP contribution < -0.4 is 10.2 Å². The van der Waals surface area contributed by atoms with Gasteiger partial charge in [-0.3, -0.25) is 4.79 Å². The highest BCUT2D eigenvalue weighted by atomic mass is 16.4. The number of amides is 1. The smallest absolute Gasteiger partial charge is 0.242 e. The highest BCUT2D eigenvalue weighted by Gasteiger charge is 2.28. The summed E-state index contributed by atoms with van der Waals surface area (Å²) >= 11 is 0. The van der Waals surface area contributed by atoms with E-state index in [4.69, 9.17) is 5.21 Å². The third-order valence-corrected chi connectivity index (χ3v) is 3.51. The van der Waals surface area contributed by atoms with E-state index in [1.165, 1.54) is 0 Å². The number of carbonyl (C=O) groups excluding carboxylic acids is 1. The molecule has 1 aromatic carbocycles. The number of hydrogen-bond acceptors (Lipinski definition) is 4. The van der Waals surface area contributed by atoms with E-state index in [1.807, 2.05) is 45.0 Å². The monoisotopic (exact) mass is 275 g/mol. The average molecular weight is 275 g/mol. The van der Waals surface area contributed by atoms with Crippen LogP contribution in [0, 0.1) is 0 Å². The van der Waals surface area contributed by atoms with Crippen molar-refractivity contribution in [2.24, 2.45) is 5.16 Å². The summed E-state index contributed by atoms with van der Waals surface area (Å²) in [4.78, 5) is 14.2. The van der Waals surface area contributed by atoms with Crippen LogP contribution >= 0.6 is 0 Å². The van der Waals surface area contributed by atoms with Gasteiger partial charge in [-0.1, -0.05) is 23.4 Å². The van der Waals surface area contributed by atoms with Gasteiger partial charge in [0, 0.05) is 30.3 Å². The molecule has 5 heteroatoms. The molecule has 1 heterocycles. The minimum atomic E-state index is -0.251. The summed E-state index contributed by atoms with van der Waals surface area (Å²) in [6.45, 7) is 6.47. The largest absolute Gasteiger partial charge is 0.411 e. The van der Waals surface area contributed by atoms with E-state index in [0.29, 0.717) is 18.7 Å². The van der Waals surface area contributed by atoms with Crippen molar-refractivity contribution in [3.05, 3.63) is 29.8 Å². The molecule has 0 fully saturated rings. The molecule has 0 saturated heterocycles. The SMILES string of the molecule is CC(C)NC(=O)C(C)N1CCC(=NO)c2ccccc21. The molecular weight excluding hydrogens is 254 g/mol. The Kier molecular flexibility index (Phi) is 4.27. The maximum atomic E-state index is 12.2. The van der Waals surface area contributed by atoms with Gasteiger partial charge in [-0.2, -0.15) is 0 Å². The fourth-order valence-electron chi connectivity index (χ4n) is 2.50. The number of benzene rings is 1. The summed E-state index contributed by atoms with van der Waals surface area (Å²) in [5, 5.41) is 15.4. The first-order chi connectivity index (χ1) is 9.54. The Morgan fingerprint density at radius 1 is 1.35 bits per heavy atom. The van der Waals surface area contributed by atoms with Crippen LogP contribution in [-0.4, -0.2) is 35.5 Å². The van der Waals surface area contributed by atoms with E-state index in [9.17, 15) is 4.79 Å². The number of anilines is 1. The van der Waals surface area contributed by atoms with Crippen molar-refractivity contribution < 1.29 is 10.0 Å². The van der Waals surface area contributed by atoms with Crippen molar-refractivity contribution in [1.82, 2.24) is 5.32 Å². The number of nitrogens with one attached hydrogen (secondary N) is 1. The third kappa shape index (κ3) is 2.76. The number of rotatable bonds is 3. The zero-order valence-corrected chi connectivity index (χ0v) is 12.1. The molecular formula is C15H21N3O2. The Labute approximate surface area is 119 Å². The average Bonchev–Trinajstić information content (AvgIpc) is 2.44. The van der Waals surface area contributed by atoms with Crippen LogP contribution in [0.25, 0.3) is 0 Å². The van der Waals surface area contributed by atoms with Gasteiger partial charge in [0.1, 0.15) is 6.04 Å². The van der Waals surface area contributed by atoms with Crippen LogP contribution in [0.5, 0.6) is 0 Å². The maximum Gasteiger partial charge on any atom is 0.242 e. The molecule has 1 aromatic rings. The van der Waals surface area contributed by atoms with Crippen molar-refractivity contribution in [2.75, 3.05) is 11.4 Å². The summed E-state index contributed by atoms with van der Waals surface area (Å²) in [6, 6.07) is 7.59. The lowest BCUT2D eigenvalue weighted by Crippen LogP contribution is -2.49. The van der Waals surface area contributed by atoms with Gasteiger partial charge in [-0.15, -0.1) is 0 Å². The van der Waals surface area contributed by atoms with Crippen molar-refractivity contribution in [3.63, 3.8) is 0 Å². The molecule has 20 heavy (non-hydrogen) atoms. The van der Waals surface area contributed by atoms with Gasteiger partial charge in [0.15, 0.2) is 0 Å². The van der Waals surface area contributed by atoms with Crippen LogP contribution in [0.15, 0.2) is 29.4 Å². The third-order valence-electron chi connectivity index (χ3n) is 3.51. The van der Waals surface area contributed by atoms with Gasteiger partial charge in [-0.05, 0) is 26.8 Å². The Morgan fingerprint density at radius 3 is 2.70 bits per heavy atom. The molecule has 0 spiro atoms. The fourth-order valence-corrected chi connectivity index (χ4v) is 2.50. The molecule has 108 valence electrons. The van der Waals surface area contributed by atoms with E-state index < -0.39 is 0 Å². The van der Waals surface area contributed by atoms with Gasteiger partial charge in [0.2, 0.25) is 5.91 Å². The zero-order chi connectivity index (χ0) is 14.7. The Balaban J connectivity index is 2.28. The van der Waals surface area contributed by atoms with Gasteiger partial charge in [0.25, 0.3) is 0 Å². The molecule has 2 N–H and O–H groups in total. The van der Waals surface area contributed by atoms with Crippen LogP contribution in [0.3, 0.4) is 0 Å². The highest BCUT2D eigenvalue weighted by Crippen LogP contribution is 2.28. The minimum absolute atomic E-state index is 0.0131. The van der Waals surface area contributed by atoms with Gasteiger partial charge in [-0.25, -0.2) is 0 Å². The Bertz CT molecular complexity index is 526. The lowest BCUT2D eigenvalue weighted by Gasteiger charge is -2.35. The van der Waals surface area contributed by atoms with Gasteiger partial charge >= 0.3 is 0 Å². The van der Waals surface area contributed by atoms with Gasteiger partial charge in [0.05, 0.1) is 5.71 Å². The lowest BCUT2D eigenvalue weighted by molar-refractivity contribution is -0.122. The molecule has 1 atom stereocenters. The molecule has 5 nitrogen and oxygen atoms in total. The molecule has 2 rings (SSSR count). The van der Waals surface area contributed by atoms with Crippen LogP contribution in [0.1, 0.15) is 32.8 Å². The van der Waals surface area contributed by atoms with Crippen molar-refractivity contribution in [2.45, 2.75) is 39.3 Å². The first-order valence-electron chi connectivity index (χ1n) is 6.92. The topological polar surface area (TPSA) is 64.9 Å². The summed E-state index contributed by atoms with van der Waals surface area (Å²) in [6.07, 6.45) is 0.632. The van der Waals surface area contributed by atoms with Crippen molar-refractivity contribution in [1.29, 1.82) is 0 Å². The summed E-state index contributed by atoms with van der Waals surface area (Å²) < 4.78 is 0. The number of hydrogen-bond donors (Lipinski definition) is 2.